The SMILES string of the molecule is CC(C(=O)O)N1CCCC1CC(O)c1ccccc1.Cl. The summed E-state index contributed by atoms with van der Waals surface area (Å²) >= 11 is 0. The fourth-order valence-corrected chi connectivity index (χ4v) is 2.83. The molecule has 5 heteroatoms. The van der Waals surface area contributed by atoms with E-state index in [0.29, 0.717) is 6.42 Å². The maximum atomic E-state index is 11.1. The number of benzene rings is 1. The first-order valence-electron chi connectivity index (χ1n) is 6.81. The van der Waals surface area contributed by atoms with E-state index in [1.807, 2.05) is 35.2 Å². The summed E-state index contributed by atoms with van der Waals surface area (Å²) in [5.41, 5.74) is 0.900. The summed E-state index contributed by atoms with van der Waals surface area (Å²) in [6, 6.07) is 9.23. The third-order valence-corrected chi connectivity index (χ3v) is 3.96. The van der Waals surface area contributed by atoms with Crippen LogP contribution in [0.15, 0.2) is 30.3 Å². The maximum absolute atomic E-state index is 11.1. The monoisotopic (exact) mass is 299 g/mol. The number of nitrogens with zero attached hydrogens (tertiary/aromatic N) is 1. The number of halogens is 1. The van der Waals surface area contributed by atoms with E-state index in [-0.39, 0.29) is 18.4 Å². The van der Waals surface area contributed by atoms with Crippen LogP contribution < -0.4 is 0 Å². The molecule has 1 aromatic rings. The maximum Gasteiger partial charge on any atom is 0.320 e. The molecule has 112 valence electrons. The molecule has 20 heavy (non-hydrogen) atoms. The Morgan fingerprint density at radius 1 is 1.40 bits per heavy atom. The highest BCUT2D eigenvalue weighted by molar-refractivity contribution is 5.85. The highest BCUT2D eigenvalue weighted by Gasteiger charge is 2.33. The molecule has 3 unspecified atom stereocenters. The first kappa shape index (κ1) is 17.0. The second-order valence-corrected chi connectivity index (χ2v) is 5.21. The lowest BCUT2D eigenvalue weighted by atomic mass is 10.00. The predicted octanol–water partition coefficient (Wildman–Crippen LogP) is 2.47. The number of rotatable bonds is 5. The van der Waals surface area contributed by atoms with Crippen molar-refractivity contribution in [2.75, 3.05) is 6.54 Å². The largest absolute Gasteiger partial charge is 0.480 e. The van der Waals surface area contributed by atoms with Gasteiger partial charge in [-0.05, 0) is 38.3 Å². The third kappa shape index (κ3) is 3.95. The number of likely N-dealkylation sites (tertiary alicyclic amines) is 1. The van der Waals surface area contributed by atoms with E-state index in [2.05, 4.69) is 0 Å². The van der Waals surface area contributed by atoms with Crippen molar-refractivity contribution in [3.8, 4) is 0 Å². The molecule has 0 spiro atoms. The van der Waals surface area contributed by atoms with Crippen LogP contribution in [0.4, 0.5) is 0 Å². The van der Waals surface area contributed by atoms with Crippen LogP contribution in [-0.4, -0.2) is 39.7 Å². The molecule has 1 aliphatic heterocycles. The molecule has 2 N–H and O–H groups in total. The second-order valence-electron chi connectivity index (χ2n) is 5.21. The molecule has 0 bridgehead atoms. The molecule has 1 fully saturated rings. The molecule has 1 aromatic carbocycles. The van der Waals surface area contributed by atoms with E-state index >= 15 is 0 Å². The Labute approximate surface area is 125 Å². The smallest absolute Gasteiger partial charge is 0.320 e. The summed E-state index contributed by atoms with van der Waals surface area (Å²) < 4.78 is 0. The third-order valence-electron chi connectivity index (χ3n) is 3.96. The zero-order valence-corrected chi connectivity index (χ0v) is 12.4. The van der Waals surface area contributed by atoms with Crippen molar-refractivity contribution >= 4 is 18.4 Å². The molecule has 4 nitrogen and oxygen atoms in total. The normalized spacial score (nSPS) is 22.0. The second kappa shape index (κ2) is 7.62. The number of carboxylic acids is 1. The van der Waals surface area contributed by atoms with E-state index < -0.39 is 18.1 Å². The average Bonchev–Trinajstić information content (AvgIpc) is 2.86. The molecule has 1 aliphatic rings. The van der Waals surface area contributed by atoms with Crippen LogP contribution in [0.1, 0.15) is 37.9 Å². The summed E-state index contributed by atoms with van der Waals surface area (Å²) in [5.74, 6) is -0.791. The minimum atomic E-state index is -0.791. The van der Waals surface area contributed by atoms with Gasteiger partial charge in [-0.25, -0.2) is 0 Å². The highest BCUT2D eigenvalue weighted by Crippen LogP contribution is 2.28. The molecule has 2 rings (SSSR count). The molecule has 1 saturated heterocycles. The van der Waals surface area contributed by atoms with Gasteiger partial charge >= 0.3 is 5.97 Å². The van der Waals surface area contributed by atoms with Gasteiger partial charge in [-0.2, -0.15) is 0 Å². The Morgan fingerprint density at radius 3 is 2.65 bits per heavy atom. The van der Waals surface area contributed by atoms with Gasteiger partial charge in [0.05, 0.1) is 6.10 Å². The minimum Gasteiger partial charge on any atom is -0.480 e. The summed E-state index contributed by atoms with van der Waals surface area (Å²) in [6.45, 7) is 2.52. The van der Waals surface area contributed by atoms with E-state index in [9.17, 15) is 9.90 Å². The standard InChI is InChI=1S/C15H21NO3.ClH/c1-11(15(18)19)16-9-5-8-13(16)10-14(17)12-6-3-2-4-7-12;/h2-4,6-7,11,13-14,17H,5,8-10H2,1H3,(H,18,19);1H. The van der Waals surface area contributed by atoms with Gasteiger partial charge in [-0.3, -0.25) is 9.69 Å². The van der Waals surface area contributed by atoms with Gasteiger partial charge in [0, 0.05) is 6.04 Å². The zero-order valence-electron chi connectivity index (χ0n) is 11.6. The van der Waals surface area contributed by atoms with Crippen LogP contribution in [0.2, 0.25) is 0 Å². The predicted molar refractivity (Wildman–Crippen MR) is 80.1 cm³/mol. The van der Waals surface area contributed by atoms with Gasteiger partial charge in [-0.1, -0.05) is 30.3 Å². The lowest BCUT2D eigenvalue weighted by molar-refractivity contribution is -0.143. The topological polar surface area (TPSA) is 60.8 Å². The van der Waals surface area contributed by atoms with Crippen LogP contribution in [0.3, 0.4) is 0 Å². The summed E-state index contributed by atoms with van der Waals surface area (Å²) in [7, 11) is 0. The van der Waals surface area contributed by atoms with Crippen molar-refractivity contribution in [2.45, 2.75) is 44.4 Å². The molecule has 0 aliphatic carbocycles. The molecule has 0 amide bonds. The first-order valence-corrected chi connectivity index (χ1v) is 6.81. The summed E-state index contributed by atoms with van der Waals surface area (Å²) in [4.78, 5) is 13.1. The lowest BCUT2D eigenvalue weighted by Gasteiger charge is -2.29. The van der Waals surface area contributed by atoms with Crippen LogP contribution >= 0.6 is 12.4 Å². The molecule has 0 aromatic heterocycles. The lowest BCUT2D eigenvalue weighted by Crippen LogP contribution is -2.42. The molecule has 1 heterocycles. The van der Waals surface area contributed by atoms with Crippen molar-refractivity contribution in [1.82, 2.24) is 4.90 Å². The van der Waals surface area contributed by atoms with Gasteiger partial charge in [-0.15, -0.1) is 12.4 Å². The fraction of sp³-hybridized carbons (Fsp3) is 0.533. The van der Waals surface area contributed by atoms with E-state index in [0.717, 1.165) is 24.9 Å². The van der Waals surface area contributed by atoms with E-state index in [4.69, 9.17) is 5.11 Å². The van der Waals surface area contributed by atoms with Gasteiger partial charge in [0.15, 0.2) is 0 Å². The Balaban J connectivity index is 0.00000200. The molecular weight excluding hydrogens is 278 g/mol. The number of aliphatic carboxylic acids is 1. The number of carbonyl (C=O) groups is 1. The molecule has 3 atom stereocenters. The Kier molecular flexibility index (Phi) is 6.46. The fourth-order valence-electron chi connectivity index (χ4n) is 2.83. The van der Waals surface area contributed by atoms with Gasteiger partial charge < -0.3 is 10.2 Å². The number of carboxylic acid groups (broad SMARTS) is 1. The van der Waals surface area contributed by atoms with Crippen LogP contribution in [0.5, 0.6) is 0 Å². The van der Waals surface area contributed by atoms with Crippen molar-refractivity contribution in [2.24, 2.45) is 0 Å². The number of hydrogen-bond donors (Lipinski definition) is 2. The van der Waals surface area contributed by atoms with Crippen molar-refractivity contribution in [3.05, 3.63) is 35.9 Å². The first-order chi connectivity index (χ1) is 9.09. The highest BCUT2D eigenvalue weighted by atomic mass is 35.5. The number of aliphatic hydroxyl groups excluding tert-OH is 1. The van der Waals surface area contributed by atoms with Gasteiger partial charge in [0.1, 0.15) is 6.04 Å². The van der Waals surface area contributed by atoms with Crippen molar-refractivity contribution in [1.29, 1.82) is 0 Å². The minimum absolute atomic E-state index is 0. The zero-order chi connectivity index (χ0) is 13.8. The number of hydrogen-bond acceptors (Lipinski definition) is 3. The number of aliphatic hydroxyl groups is 1. The molecule has 0 saturated carbocycles. The van der Waals surface area contributed by atoms with E-state index in [1.165, 1.54) is 0 Å². The van der Waals surface area contributed by atoms with Crippen LogP contribution in [0, 0.1) is 0 Å². The molecular formula is C15H22ClNO3. The van der Waals surface area contributed by atoms with E-state index in [1.54, 1.807) is 6.92 Å². The Morgan fingerprint density at radius 2 is 2.05 bits per heavy atom. The van der Waals surface area contributed by atoms with Crippen molar-refractivity contribution < 1.29 is 15.0 Å². The van der Waals surface area contributed by atoms with Crippen LogP contribution in [0.25, 0.3) is 0 Å². The van der Waals surface area contributed by atoms with Gasteiger partial charge in [0.25, 0.3) is 0 Å². The van der Waals surface area contributed by atoms with Gasteiger partial charge in [0.2, 0.25) is 0 Å². The Hall–Kier alpha value is -1.10. The summed E-state index contributed by atoms with van der Waals surface area (Å²) in [6.07, 6.45) is 2.04. The average molecular weight is 300 g/mol. The molecule has 0 radical (unpaired) electrons. The van der Waals surface area contributed by atoms with Crippen molar-refractivity contribution in [3.63, 3.8) is 0 Å². The summed E-state index contributed by atoms with van der Waals surface area (Å²) in [5, 5.41) is 19.4. The quantitative estimate of drug-likeness (QED) is 0.877. The van der Waals surface area contributed by atoms with Crippen LogP contribution in [-0.2, 0) is 4.79 Å². The Bertz CT molecular complexity index is 426.